The lowest BCUT2D eigenvalue weighted by Crippen LogP contribution is -2.45. The molecule has 2 heterocycles. The van der Waals surface area contributed by atoms with Crippen LogP contribution in [-0.2, 0) is 9.59 Å². The summed E-state index contributed by atoms with van der Waals surface area (Å²) < 4.78 is 0. The number of nitrogens with zero attached hydrogens (tertiary/aromatic N) is 3. The quantitative estimate of drug-likeness (QED) is 0.758. The first-order chi connectivity index (χ1) is 11.4. The molecule has 0 aromatic carbocycles. The van der Waals surface area contributed by atoms with Gasteiger partial charge in [0.25, 0.3) is 0 Å². The summed E-state index contributed by atoms with van der Waals surface area (Å²) in [5.74, 6) is 0.401. The molecule has 24 heavy (non-hydrogen) atoms. The highest BCUT2D eigenvalue weighted by Gasteiger charge is 2.36. The van der Waals surface area contributed by atoms with Crippen molar-refractivity contribution in [3.8, 4) is 0 Å². The predicted octanol–water partition coefficient (Wildman–Crippen LogP) is 3.19. The first-order valence-electron chi connectivity index (χ1n) is 8.61. The SMILES string of the molecule is CCCCN(C)C(=O)C[C@@H]1Sc2ncccc2N(CC(C)C)C1=O. The monoisotopic (exact) mass is 349 g/mol. The Kier molecular flexibility index (Phi) is 6.66. The van der Waals surface area contributed by atoms with Crippen molar-refractivity contribution in [2.24, 2.45) is 5.92 Å². The zero-order chi connectivity index (χ0) is 17.7. The number of rotatable bonds is 7. The molecule has 0 radical (unpaired) electrons. The highest BCUT2D eigenvalue weighted by Crippen LogP contribution is 2.39. The normalized spacial score (nSPS) is 17.1. The molecule has 1 aliphatic heterocycles. The Labute approximate surface area is 148 Å². The summed E-state index contributed by atoms with van der Waals surface area (Å²) in [6.07, 6.45) is 4.00. The van der Waals surface area contributed by atoms with E-state index in [9.17, 15) is 9.59 Å². The Morgan fingerprint density at radius 2 is 2.21 bits per heavy atom. The van der Waals surface area contributed by atoms with Crippen LogP contribution in [0.25, 0.3) is 0 Å². The second kappa shape index (κ2) is 8.51. The van der Waals surface area contributed by atoms with Gasteiger partial charge in [-0.15, -0.1) is 0 Å². The second-order valence-corrected chi connectivity index (χ2v) is 7.84. The van der Waals surface area contributed by atoms with Gasteiger partial charge in [0.2, 0.25) is 11.8 Å². The topological polar surface area (TPSA) is 53.5 Å². The van der Waals surface area contributed by atoms with Crippen LogP contribution in [-0.4, -0.2) is 47.1 Å². The largest absolute Gasteiger partial charge is 0.346 e. The van der Waals surface area contributed by atoms with Crippen LogP contribution in [0, 0.1) is 5.92 Å². The summed E-state index contributed by atoms with van der Waals surface area (Å²) in [7, 11) is 1.81. The molecule has 0 bridgehead atoms. The van der Waals surface area contributed by atoms with Crippen molar-refractivity contribution in [3.05, 3.63) is 18.3 Å². The third-order valence-corrected chi connectivity index (χ3v) is 5.21. The maximum atomic E-state index is 12.9. The molecule has 1 aromatic rings. The Morgan fingerprint density at radius 1 is 1.46 bits per heavy atom. The zero-order valence-corrected chi connectivity index (χ0v) is 15.8. The highest BCUT2D eigenvalue weighted by molar-refractivity contribution is 8.00. The molecule has 0 saturated heterocycles. The van der Waals surface area contributed by atoms with Crippen LogP contribution in [0.2, 0.25) is 0 Å². The molecule has 1 aliphatic rings. The van der Waals surface area contributed by atoms with Gasteiger partial charge in [0.15, 0.2) is 0 Å². The summed E-state index contributed by atoms with van der Waals surface area (Å²) in [5, 5.41) is 0.453. The zero-order valence-electron chi connectivity index (χ0n) is 15.0. The number of hydrogen-bond donors (Lipinski definition) is 0. The molecule has 0 N–H and O–H groups in total. The third kappa shape index (κ3) is 4.50. The van der Waals surface area contributed by atoms with Crippen molar-refractivity contribution in [2.45, 2.75) is 50.3 Å². The van der Waals surface area contributed by atoms with Crippen LogP contribution >= 0.6 is 11.8 Å². The van der Waals surface area contributed by atoms with Crippen LogP contribution in [0.5, 0.6) is 0 Å². The van der Waals surface area contributed by atoms with E-state index in [0.717, 1.165) is 30.1 Å². The van der Waals surface area contributed by atoms with Gasteiger partial charge in [-0.3, -0.25) is 9.59 Å². The van der Waals surface area contributed by atoms with E-state index in [2.05, 4.69) is 25.8 Å². The van der Waals surface area contributed by atoms with Crippen molar-refractivity contribution >= 4 is 29.3 Å². The molecule has 132 valence electrons. The molecule has 2 rings (SSSR count). The lowest BCUT2D eigenvalue weighted by molar-refractivity contribution is -0.131. The third-order valence-electron chi connectivity index (χ3n) is 4.02. The molecule has 6 heteroatoms. The number of amides is 2. The molecule has 0 unspecified atom stereocenters. The summed E-state index contributed by atoms with van der Waals surface area (Å²) in [4.78, 5) is 33.3. The van der Waals surface area contributed by atoms with E-state index < -0.39 is 0 Å². The molecule has 1 aromatic heterocycles. The second-order valence-electron chi connectivity index (χ2n) is 6.65. The van der Waals surface area contributed by atoms with Gasteiger partial charge in [-0.1, -0.05) is 39.0 Å². The number of pyridine rings is 1. The highest BCUT2D eigenvalue weighted by atomic mass is 32.2. The molecule has 5 nitrogen and oxygen atoms in total. The van der Waals surface area contributed by atoms with Crippen molar-refractivity contribution in [2.75, 3.05) is 25.0 Å². The van der Waals surface area contributed by atoms with Gasteiger partial charge >= 0.3 is 0 Å². The molecular formula is C18H27N3O2S. The van der Waals surface area contributed by atoms with Gasteiger partial charge in [0, 0.05) is 32.8 Å². The molecule has 1 atom stereocenters. The summed E-state index contributed by atoms with van der Waals surface area (Å²) in [6, 6.07) is 3.78. The van der Waals surface area contributed by atoms with Crippen LogP contribution in [0.3, 0.4) is 0 Å². The number of carbonyl (C=O) groups excluding carboxylic acids is 2. The van der Waals surface area contributed by atoms with Gasteiger partial charge in [0.05, 0.1) is 10.9 Å². The number of thioether (sulfide) groups is 1. The average Bonchev–Trinajstić information content (AvgIpc) is 2.55. The van der Waals surface area contributed by atoms with Crippen LogP contribution < -0.4 is 4.90 Å². The van der Waals surface area contributed by atoms with E-state index in [4.69, 9.17) is 0 Å². The minimum absolute atomic E-state index is 0.0199. The van der Waals surface area contributed by atoms with E-state index in [0.29, 0.717) is 12.5 Å². The fourth-order valence-electron chi connectivity index (χ4n) is 2.67. The van der Waals surface area contributed by atoms with Gasteiger partial charge in [-0.05, 0) is 24.5 Å². The number of aromatic nitrogens is 1. The van der Waals surface area contributed by atoms with E-state index in [1.165, 1.54) is 11.8 Å². The number of unbranched alkanes of at least 4 members (excludes halogenated alkanes) is 1. The molecule has 0 spiro atoms. The Bertz CT molecular complexity index is 591. The summed E-state index contributed by atoms with van der Waals surface area (Å²) in [5.41, 5.74) is 0.865. The fourth-order valence-corrected chi connectivity index (χ4v) is 3.82. The van der Waals surface area contributed by atoms with Gasteiger partial charge < -0.3 is 9.80 Å². The van der Waals surface area contributed by atoms with E-state index in [1.54, 1.807) is 16.0 Å². The minimum atomic E-state index is -0.386. The maximum absolute atomic E-state index is 12.9. The number of fused-ring (bicyclic) bond motifs is 1. The lowest BCUT2D eigenvalue weighted by atomic mass is 10.1. The average molecular weight is 350 g/mol. The Balaban J connectivity index is 2.14. The van der Waals surface area contributed by atoms with Crippen molar-refractivity contribution < 1.29 is 9.59 Å². The fraction of sp³-hybridized carbons (Fsp3) is 0.611. The van der Waals surface area contributed by atoms with E-state index in [-0.39, 0.29) is 23.5 Å². The molecule has 2 amide bonds. The van der Waals surface area contributed by atoms with Crippen LogP contribution in [0.1, 0.15) is 40.0 Å². The smallest absolute Gasteiger partial charge is 0.241 e. The molecule has 0 saturated carbocycles. The van der Waals surface area contributed by atoms with Gasteiger partial charge in [-0.25, -0.2) is 4.98 Å². The van der Waals surface area contributed by atoms with Gasteiger partial charge in [0.1, 0.15) is 5.03 Å². The number of carbonyl (C=O) groups is 2. The molecule has 0 fully saturated rings. The predicted molar refractivity (Wildman–Crippen MR) is 98.2 cm³/mol. The number of anilines is 1. The summed E-state index contributed by atoms with van der Waals surface area (Å²) in [6.45, 7) is 7.67. The summed E-state index contributed by atoms with van der Waals surface area (Å²) >= 11 is 1.42. The lowest BCUT2D eigenvalue weighted by Gasteiger charge is -2.34. The first kappa shape index (κ1) is 18.8. The molecule has 0 aliphatic carbocycles. The van der Waals surface area contributed by atoms with E-state index >= 15 is 0 Å². The number of hydrogen-bond acceptors (Lipinski definition) is 4. The van der Waals surface area contributed by atoms with Crippen LogP contribution in [0.4, 0.5) is 5.69 Å². The van der Waals surface area contributed by atoms with Crippen molar-refractivity contribution in [3.63, 3.8) is 0 Å². The Morgan fingerprint density at radius 3 is 2.88 bits per heavy atom. The van der Waals surface area contributed by atoms with E-state index in [1.807, 2.05) is 19.2 Å². The molecular weight excluding hydrogens is 322 g/mol. The van der Waals surface area contributed by atoms with Crippen molar-refractivity contribution in [1.82, 2.24) is 9.88 Å². The van der Waals surface area contributed by atoms with Crippen molar-refractivity contribution in [1.29, 1.82) is 0 Å². The standard InChI is InChI=1S/C18H27N3O2S/c1-5-6-10-20(4)16(22)11-15-18(23)21(12-13(2)3)14-8-7-9-19-17(14)24-15/h7-9,13,15H,5-6,10-12H2,1-4H3/t15-/m0/s1. The maximum Gasteiger partial charge on any atom is 0.241 e. The van der Waals surface area contributed by atoms with Gasteiger partial charge in [-0.2, -0.15) is 0 Å². The van der Waals surface area contributed by atoms with Crippen LogP contribution in [0.15, 0.2) is 23.4 Å². The minimum Gasteiger partial charge on any atom is -0.346 e. The Hall–Kier alpha value is -1.56. The first-order valence-corrected chi connectivity index (χ1v) is 9.49.